The fraction of sp³-hybridized carbons (Fsp3) is 0.235. The fourth-order valence-corrected chi connectivity index (χ4v) is 5.46. The maximum absolute atomic E-state index is 12.1. The second kappa shape index (κ2) is 20.6. The highest BCUT2D eigenvalue weighted by Crippen LogP contribution is 2.21. The first kappa shape index (κ1) is 36.1. The second-order valence-electron chi connectivity index (χ2n) is 9.56. The molecule has 0 bridgehead atoms. The van der Waals surface area contributed by atoms with Gasteiger partial charge in [0, 0.05) is 45.6 Å². The largest absolute Gasteiger partial charge is 0.478 e. The number of carbonyl (C=O) groups is 4. The number of ether oxygens (including phenoxy) is 4. The van der Waals surface area contributed by atoms with Crippen LogP contribution >= 0.6 is 23.5 Å². The third kappa shape index (κ3) is 15.6. The highest BCUT2D eigenvalue weighted by atomic mass is 32.2. The summed E-state index contributed by atoms with van der Waals surface area (Å²) in [5.41, 5.74) is 1.76. The first-order chi connectivity index (χ1) is 22.3. The molecule has 0 heterocycles. The summed E-state index contributed by atoms with van der Waals surface area (Å²) in [4.78, 5) is 47.6. The lowest BCUT2D eigenvalue weighted by molar-refractivity contribution is -0.146. The zero-order valence-corrected chi connectivity index (χ0v) is 26.4. The molecule has 2 unspecified atom stereocenters. The Kier molecular flexibility index (Phi) is 16.2. The molecular weight excluding hydrogens is 632 g/mol. The lowest BCUT2D eigenvalue weighted by Gasteiger charge is -2.18. The molecule has 0 radical (unpaired) electrons. The summed E-state index contributed by atoms with van der Waals surface area (Å²) >= 11 is 2.99. The average Bonchev–Trinajstić information content (AvgIpc) is 3.05. The van der Waals surface area contributed by atoms with E-state index < -0.39 is 36.1 Å². The van der Waals surface area contributed by atoms with Gasteiger partial charge in [0.25, 0.3) is 0 Å². The van der Waals surface area contributed by atoms with Gasteiger partial charge in [0.15, 0.2) is 0 Å². The van der Waals surface area contributed by atoms with Crippen LogP contribution in [-0.4, -0.2) is 71.0 Å². The van der Waals surface area contributed by atoms with Crippen LogP contribution in [-0.2, 0) is 51.3 Å². The minimum atomic E-state index is -1.24. The van der Waals surface area contributed by atoms with Crippen LogP contribution in [0.1, 0.15) is 11.1 Å². The third-order valence-corrected chi connectivity index (χ3v) is 8.10. The van der Waals surface area contributed by atoms with E-state index >= 15 is 0 Å². The molecule has 0 aromatic heterocycles. The van der Waals surface area contributed by atoms with Crippen LogP contribution in [0.4, 0.5) is 0 Å². The predicted octanol–water partition coefficient (Wildman–Crippen LogP) is 5.41. The van der Waals surface area contributed by atoms with Crippen molar-refractivity contribution in [2.75, 3.05) is 24.7 Å². The molecule has 0 amide bonds. The van der Waals surface area contributed by atoms with Crippen molar-refractivity contribution in [3.63, 3.8) is 0 Å². The standard InChI is InChI=1S/C34H34O10S2/c35-31(36)15-17-33(39)43-27(23-45-29-7-3-1-4-8-29)21-41-19-25-11-13-26(14-12-25)20-42-22-28(44-34(40)18-16-32(37)38)24-46-30-9-5-2-6-10-30/h1-18,27-28H,19-24H2,(H,35,36)(H,37,38). The van der Waals surface area contributed by atoms with Crippen molar-refractivity contribution in [3.8, 4) is 0 Å². The SMILES string of the molecule is O=C(O)C=CC(=O)OC(COCc1ccc(COCC(CSc2ccccc2)OC(=O)C=CC(=O)O)cc1)CSc1ccccc1. The molecule has 242 valence electrons. The Labute approximate surface area is 275 Å². The van der Waals surface area contributed by atoms with Crippen LogP contribution < -0.4 is 0 Å². The van der Waals surface area contributed by atoms with Crippen molar-refractivity contribution in [1.29, 1.82) is 0 Å². The molecule has 0 aliphatic rings. The number of benzene rings is 3. The molecule has 0 aliphatic carbocycles. The zero-order chi connectivity index (χ0) is 33.0. The van der Waals surface area contributed by atoms with Crippen molar-refractivity contribution in [3.05, 3.63) is 120 Å². The van der Waals surface area contributed by atoms with E-state index in [0.717, 1.165) is 45.2 Å². The Morgan fingerprint density at radius 3 is 1.28 bits per heavy atom. The first-order valence-corrected chi connectivity index (χ1v) is 16.1. The van der Waals surface area contributed by atoms with E-state index in [1.165, 1.54) is 23.5 Å². The molecular formula is C34H34O10S2. The monoisotopic (exact) mass is 666 g/mol. The number of carboxylic acid groups (broad SMARTS) is 2. The highest BCUT2D eigenvalue weighted by Gasteiger charge is 2.16. The molecule has 0 saturated carbocycles. The van der Waals surface area contributed by atoms with Crippen molar-refractivity contribution in [2.45, 2.75) is 35.2 Å². The highest BCUT2D eigenvalue weighted by molar-refractivity contribution is 7.99. The zero-order valence-electron chi connectivity index (χ0n) is 24.8. The van der Waals surface area contributed by atoms with Crippen LogP contribution in [0.25, 0.3) is 0 Å². The second-order valence-corrected chi connectivity index (χ2v) is 11.7. The van der Waals surface area contributed by atoms with Gasteiger partial charge in [0.05, 0.1) is 26.4 Å². The van der Waals surface area contributed by atoms with Gasteiger partial charge in [-0.15, -0.1) is 23.5 Å². The maximum atomic E-state index is 12.1. The van der Waals surface area contributed by atoms with Gasteiger partial charge in [-0.2, -0.15) is 0 Å². The Morgan fingerprint density at radius 2 is 0.935 bits per heavy atom. The number of thioether (sulfide) groups is 2. The minimum Gasteiger partial charge on any atom is -0.478 e. The molecule has 0 aliphatic heterocycles. The molecule has 12 heteroatoms. The Hall–Kier alpha value is -4.36. The summed E-state index contributed by atoms with van der Waals surface area (Å²) < 4.78 is 22.5. The summed E-state index contributed by atoms with van der Waals surface area (Å²) in [5, 5.41) is 17.5. The molecule has 10 nitrogen and oxygen atoms in total. The summed E-state index contributed by atoms with van der Waals surface area (Å²) in [6.07, 6.45) is 1.98. The molecule has 0 fully saturated rings. The van der Waals surface area contributed by atoms with E-state index in [2.05, 4.69) is 0 Å². The lowest BCUT2D eigenvalue weighted by atomic mass is 10.1. The molecule has 0 saturated heterocycles. The first-order valence-electron chi connectivity index (χ1n) is 14.1. The smallest absolute Gasteiger partial charge is 0.331 e. The minimum absolute atomic E-state index is 0.111. The van der Waals surface area contributed by atoms with Gasteiger partial charge in [-0.3, -0.25) is 0 Å². The molecule has 46 heavy (non-hydrogen) atoms. The lowest BCUT2D eigenvalue weighted by Crippen LogP contribution is -2.25. The Balaban J connectivity index is 1.48. The van der Waals surface area contributed by atoms with Gasteiger partial charge in [-0.25, -0.2) is 19.2 Å². The van der Waals surface area contributed by atoms with Gasteiger partial charge < -0.3 is 29.2 Å². The van der Waals surface area contributed by atoms with Gasteiger partial charge in [-0.05, 0) is 35.4 Å². The van der Waals surface area contributed by atoms with Crippen molar-refractivity contribution in [2.24, 2.45) is 0 Å². The summed E-state index contributed by atoms with van der Waals surface area (Å²) in [6, 6.07) is 26.7. The third-order valence-electron chi connectivity index (χ3n) is 5.82. The average molecular weight is 667 g/mol. The van der Waals surface area contributed by atoms with E-state index in [1.807, 2.05) is 84.9 Å². The maximum Gasteiger partial charge on any atom is 0.331 e. The van der Waals surface area contributed by atoms with Crippen LogP contribution in [0.5, 0.6) is 0 Å². The van der Waals surface area contributed by atoms with E-state index in [9.17, 15) is 19.2 Å². The molecule has 3 aromatic carbocycles. The summed E-state index contributed by atoms with van der Waals surface area (Å²) in [6.45, 7) is 0.740. The van der Waals surface area contributed by atoms with Gasteiger partial charge in [-0.1, -0.05) is 60.7 Å². The van der Waals surface area contributed by atoms with E-state index in [-0.39, 0.29) is 26.4 Å². The van der Waals surface area contributed by atoms with Crippen LogP contribution in [0.15, 0.2) is 119 Å². The molecule has 0 spiro atoms. The molecule has 2 N–H and O–H groups in total. The van der Waals surface area contributed by atoms with Crippen LogP contribution in [0, 0.1) is 0 Å². The number of carboxylic acids is 2. The normalized spacial score (nSPS) is 12.5. The molecule has 3 rings (SSSR count). The summed E-state index contributed by atoms with van der Waals surface area (Å²) in [5.74, 6) is -3.17. The van der Waals surface area contributed by atoms with Gasteiger partial charge >= 0.3 is 23.9 Å². The topological polar surface area (TPSA) is 146 Å². The van der Waals surface area contributed by atoms with E-state index in [4.69, 9.17) is 29.2 Å². The van der Waals surface area contributed by atoms with E-state index in [1.54, 1.807) is 0 Å². The van der Waals surface area contributed by atoms with Crippen molar-refractivity contribution < 1.29 is 48.3 Å². The van der Waals surface area contributed by atoms with Crippen molar-refractivity contribution in [1.82, 2.24) is 0 Å². The number of rotatable bonds is 20. The molecule has 2 atom stereocenters. The number of hydrogen-bond donors (Lipinski definition) is 2. The van der Waals surface area contributed by atoms with E-state index in [0.29, 0.717) is 11.5 Å². The van der Waals surface area contributed by atoms with Crippen LogP contribution in [0.2, 0.25) is 0 Å². The predicted molar refractivity (Wildman–Crippen MR) is 173 cm³/mol. The molecule has 3 aromatic rings. The Morgan fingerprint density at radius 1 is 0.565 bits per heavy atom. The Bertz CT molecular complexity index is 1330. The fourth-order valence-electron chi connectivity index (χ4n) is 3.68. The number of hydrogen-bond acceptors (Lipinski definition) is 10. The number of esters is 2. The quantitative estimate of drug-likeness (QED) is 0.0903. The van der Waals surface area contributed by atoms with Gasteiger partial charge in [0.1, 0.15) is 12.2 Å². The summed E-state index contributed by atoms with van der Waals surface area (Å²) in [7, 11) is 0. The number of aliphatic carboxylic acids is 2. The van der Waals surface area contributed by atoms with Gasteiger partial charge in [0.2, 0.25) is 0 Å². The van der Waals surface area contributed by atoms with Crippen LogP contribution in [0.3, 0.4) is 0 Å². The van der Waals surface area contributed by atoms with Crippen molar-refractivity contribution >= 4 is 47.4 Å². The number of carbonyl (C=O) groups excluding carboxylic acids is 2.